The molecule has 2 aromatic rings. The fraction of sp³-hybridized carbons (Fsp3) is 0.417. The van der Waals surface area contributed by atoms with Crippen molar-refractivity contribution >= 4 is 21.6 Å². The van der Waals surface area contributed by atoms with Gasteiger partial charge < -0.3 is 9.73 Å². The van der Waals surface area contributed by atoms with E-state index in [9.17, 15) is 4.79 Å². The summed E-state index contributed by atoms with van der Waals surface area (Å²) in [6.45, 7) is 1.08. The van der Waals surface area contributed by atoms with Crippen LogP contribution in [0.25, 0.3) is 10.3 Å². The van der Waals surface area contributed by atoms with Crippen LogP contribution in [0.15, 0.2) is 27.4 Å². The second kappa shape index (κ2) is 4.03. The maximum Gasteiger partial charge on any atom is 0.396 e. The molecule has 1 N–H and O–H groups in total. The van der Waals surface area contributed by atoms with E-state index in [1.807, 2.05) is 12.1 Å². The molecule has 0 aliphatic carbocycles. The molecule has 0 spiro atoms. The van der Waals surface area contributed by atoms with Gasteiger partial charge in [-0.1, -0.05) is 23.8 Å². The predicted octanol–water partition coefficient (Wildman–Crippen LogP) is 2.67. The molecule has 1 aliphatic heterocycles. The maximum atomic E-state index is 11.1. The normalized spacial score (nSPS) is 21.4. The van der Waals surface area contributed by atoms with Crippen LogP contribution in [0.2, 0.25) is 0 Å². The Bertz CT molecular complexity index is 551. The number of fused-ring (bicyclic) bond motifs is 1. The standard InChI is InChI=1S/C12H13NO2S/c14-12-15-10-7-8(4-5-11(10)16-12)9-3-1-2-6-13-9/h4-5,7,9,13H,1-3,6H2. The van der Waals surface area contributed by atoms with E-state index in [0.717, 1.165) is 28.2 Å². The van der Waals surface area contributed by atoms with Gasteiger partial charge >= 0.3 is 4.94 Å². The molecular weight excluding hydrogens is 222 g/mol. The summed E-state index contributed by atoms with van der Waals surface area (Å²) >= 11 is 1.16. The number of nitrogens with one attached hydrogen (secondary N) is 1. The molecule has 1 aromatic carbocycles. The van der Waals surface area contributed by atoms with E-state index in [0.29, 0.717) is 6.04 Å². The van der Waals surface area contributed by atoms with Crippen LogP contribution in [0.4, 0.5) is 0 Å². The van der Waals surface area contributed by atoms with Gasteiger partial charge in [-0.3, -0.25) is 0 Å². The van der Waals surface area contributed by atoms with Gasteiger partial charge in [-0.2, -0.15) is 0 Å². The second-order valence-corrected chi connectivity index (χ2v) is 5.14. The van der Waals surface area contributed by atoms with Crippen molar-refractivity contribution in [1.29, 1.82) is 0 Å². The van der Waals surface area contributed by atoms with Crippen molar-refractivity contribution in [2.75, 3.05) is 6.54 Å². The average molecular weight is 235 g/mol. The first-order chi connectivity index (χ1) is 7.83. The molecule has 84 valence electrons. The van der Waals surface area contributed by atoms with Crippen LogP contribution < -0.4 is 10.3 Å². The molecule has 1 aromatic heterocycles. The molecule has 16 heavy (non-hydrogen) atoms. The zero-order valence-electron chi connectivity index (χ0n) is 8.86. The molecule has 3 rings (SSSR count). The molecule has 3 nitrogen and oxygen atoms in total. The molecule has 0 radical (unpaired) electrons. The Balaban J connectivity index is 2.00. The van der Waals surface area contributed by atoms with Crippen molar-refractivity contribution in [1.82, 2.24) is 5.32 Å². The summed E-state index contributed by atoms with van der Waals surface area (Å²) in [6, 6.07) is 6.49. The fourth-order valence-electron chi connectivity index (χ4n) is 2.24. The number of benzene rings is 1. The minimum atomic E-state index is -0.219. The lowest BCUT2D eigenvalue weighted by atomic mass is 9.98. The van der Waals surface area contributed by atoms with Crippen molar-refractivity contribution in [3.8, 4) is 0 Å². The van der Waals surface area contributed by atoms with Crippen LogP contribution in [-0.2, 0) is 0 Å². The van der Waals surface area contributed by atoms with Crippen LogP contribution in [0.1, 0.15) is 30.9 Å². The first kappa shape index (κ1) is 10.1. The average Bonchev–Trinajstić information content (AvgIpc) is 2.69. The monoisotopic (exact) mass is 235 g/mol. The van der Waals surface area contributed by atoms with Crippen molar-refractivity contribution in [3.05, 3.63) is 33.5 Å². The van der Waals surface area contributed by atoms with Crippen LogP contribution in [0.3, 0.4) is 0 Å². The van der Waals surface area contributed by atoms with E-state index in [4.69, 9.17) is 4.42 Å². The number of rotatable bonds is 1. The van der Waals surface area contributed by atoms with Crippen molar-refractivity contribution in [3.63, 3.8) is 0 Å². The molecule has 1 atom stereocenters. The highest BCUT2D eigenvalue weighted by atomic mass is 32.1. The Kier molecular flexibility index (Phi) is 2.53. The van der Waals surface area contributed by atoms with Gasteiger partial charge in [0.2, 0.25) is 0 Å². The predicted molar refractivity (Wildman–Crippen MR) is 65.0 cm³/mol. The molecule has 1 unspecified atom stereocenters. The van der Waals surface area contributed by atoms with Gasteiger partial charge in [-0.25, -0.2) is 4.79 Å². The summed E-state index contributed by atoms with van der Waals surface area (Å²) in [5.41, 5.74) is 1.95. The summed E-state index contributed by atoms with van der Waals surface area (Å²) in [6.07, 6.45) is 3.69. The second-order valence-electron chi connectivity index (χ2n) is 4.16. The van der Waals surface area contributed by atoms with Gasteiger partial charge in [0.15, 0.2) is 0 Å². The Morgan fingerprint density at radius 1 is 1.38 bits per heavy atom. The SMILES string of the molecule is O=c1oc2cc(C3CCCCN3)ccc2s1. The minimum Gasteiger partial charge on any atom is -0.414 e. The Hall–Kier alpha value is -1.13. The smallest absolute Gasteiger partial charge is 0.396 e. The van der Waals surface area contributed by atoms with Crippen LogP contribution in [0, 0.1) is 0 Å². The quantitative estimate of drug-likeness (QED) is 0.826. The zero-order chi connectivity index (χ0) is 11.0. The Labute approximate surface area is 97.1 Å². The number of hydrogen-bond donors (Lipinski definition) is 1. The van der Waals surface area contributed by atoms with E-state index in [2.05, 4.69) is 11.4 Å². The number of piperidine rings is 1. The lowest BCUT2D eigenvalue weighted by Gasteiger charge is -2.23. The maximum absolute atomic E-state index is 11.1. The van der Waals surface area contributed by atoms with E-state index in [1.54, 1.807) is 0 Å². The highest BCUT2D eigenvalue weighted by Crippen LogP contribution is 2.26. The van der Waals surface area contributed by atoms with E-state index >= 15 is 0 Å². The fourth-order valence-corrected chi connectivity index (χ4v) is 2.89. The minimum absolute atomic E-state index is 0.219. The molecule has 1 fully saturated rings. The summed E-state index contributed by atoms with van der Waals surface area (Å²) in [7, 11) is 0. The van der Waals surface area contributed by atoms with Gasteiger partial charge in [0, 0.05) is 6.04 Å². The van der Waals surface area contributed by atoms with E-state index in [1.165, 1.54) is 24.8 Å². The van der Waals surface area contributed by atoms with Gasteiger partial charge in [-0.15, -0.1) is 0 Å². The number of hydrogen-bond acceptors (Lipinski definition) is 4. The third-order valence-corrected chi connectivity index (χ3v) is 3.87. The van der Waals surface area contributed by atoms with E-state index in [-0.39, 0.29) is 4.94 Å². The molecule has 2 heterocycles. The van der Waals surface area contributed by atoms with Crippen LogP contribution >= 0.6 is 11.3 Å². The topological polar surface area (TPSA) is 42.2 Å². The van der Waals surface area contributed by atoms with E-state index < -0.39 is 0 Å². The Morgan fingerprint density at radius 2 is 2.31 bits per heavy atom. The molecule has 0 saturated carbocycles. The highest BCUT2D eigenvalue weighted by molar-refractivity contribution is 7.16. The molecule has 1 aliphatic rings. The van der Waals surface area contributed by atoms with Gasteiger partial charge in [0.05, 0.1) is 4.70 Å². The van der Waals surface area contributed by atoms with Crippen molar-refractivity contribution in [2.45, 2.75) is 25.3 Å². The van der Waals surface area contributed by atoms with Crippen LogP contribution in [0.5, 0.6) is 0 Å². The molecular formula is C12H13NO2S. The highest BCUT2D eigenvalue weighted by Gasteiger charge is 2.15. The zero-order valence-corrected chi connectivity index (χ0v) is 9.68. The van der Waals surface area contributed by atoms with Gasteiger partial charge in [-0.05, 0) is 37.1 Å². The molecule has 0 amide bonds. The molecule has 1 saturated heterocycles. The van der Waals surface area contributed by atoms with Gasteiger partial charge in [0.25, 0.3) is 0 Å². The third-order valence-electron chi connectivity index (χ3n) is 3.07. The first-order valence-corrected chi connectivity index (χ1v) is 6.41. The molecule has 4 heteroatoms. The third kappa shape index (κ3) is 1.79. The largest absolute Gasteiger partial charge is 0.414 e. The lowest BCUT2D eigenvalue weighted by Crippen LogP contribution is -2.26. The summed E-state index contributed by atoms with van der Waals surface area (Å²) in [4.78, 5) is 10.9. The summed E-state index contributed by atoms with van der Waals surface area (Å²) in [5, 5.41) is 3.49. The van der Waals surface area contributed by atoms with Crippen molar-refractivity contribution in [2.24, 2.45) is 0 Å². The van der Waals surface area contributed by atoms with Crippen molar-refractivity contribution < 1.29 is 4.42 Å². The summed E-state index contributed by atoms with van der Waals surface area (Å²) < 4.78 is 6.07. The first-order valence-electron chi connectivity index (χ1n) is 5.60. The molecule has 0 bridgehead atoms. The summed E-state index contributed by atoms with van der Waals surface area (Å²) in [5.74, 6) is 0. The van der Waals surface area contributed by atoms with Gasteiger partial charge in [0.1, 0.15) is 5.58 Å². The lowest BCUT2D eigenvalue weighted by molar-refractivity contribution is 0.412. The Morgan fingerprint density at radius 3 is 3.12 bits per heavy atom. The van der Waals surface area contributed by atoms with Crippen LogP contribution in [-0.4, -0.2) is 6.54 Å².